The Morgan fingerprint density at radius 1 is 0.844 bits per heavy atom. The molecule has 4 aromatic rings. The van der Waals surface area contributed by atoms with Gasteiger partial charge in [0.05, 0.1) is 29.0 Å². The monoisotopic (exact) mass is 669 g/mol. The number of ether oxygens (including phenoxy) is 2. The van der Waals surface area contributed by atoms with E-state index in [0.717, 1.165) is 62.7 Å². The molecule has 0 amide bonds. The molecule has 1 aliphatic heterocycles. The molecule has 1 saturated heterocycles. The van der Waals surface area contributed by atoms with Crippen LogP contribution in [0.3, 0.4) is 0 Å². The summed E-state index contributed by atoms with van der Waals surface area (Å²) in [7, 11) is 4.15. The fourth-order valence-corrected chi connectivity index (χ4v) is 5.81. The molecule has 0 unspecified atom stereocenters. The van der Waals surface area contributed by atoms with Crippen LogP contribution in [0, 0.1) is 0 Å². The second kappa shape index (κ2) is 15.8. The second-order valence-corrected chi connectivity index (χ2v) is 12.6. The quantitative estimate of drug-likeness (QED) is 0.151. The van der Waals surface area contributed by atoms with Crippen LogP contribution in [-0.4, -0.2) is 85.1 Å². The van der Waals surface area contributed by atoms with Gasteiger partial charge >= 0.3 is 0 Å². The van der Waals surface area contributed by atoms with E-state index in [1.165, 1.54) is 5.56 Å². The largest absolute Gasteiger partial charge is 0.505 e. The van der Waals surface area contributed by atoms with Gasteiger partial charge in [-0.15, -0.1) is 10.2 Å². The van der Waals surface area contributed by atoms with Gasteiger partial charge in [-0.05, 0) is 62.5 Å². The fourth-order valence-electron chi connectivity index (χ4n) is 5.20. The third kappa shape index (κ3) is 9.15. The summed E-state index contributed by atoms with van der Waals surface area (Å²) in [5.74, 6) is 1.26. The molecule has 3 aromatic carbocycles. The number of rotatable bonds is 13. The van der Waals surface area contributed by atoms with E-state index in [9.17, 15) is 5.11 Å². The van der Waals surface area contributed by atoms with E-state index < -0.39 is 0 Å². The molecule has 0 saturated carbocycles. The van der Waals surface area contributed by atoms with Crippen molar-refractivity contribution in [3.8, 4) is 28.6 Å². The summed E-state index contributed by atoms with van der Waals surface area (Å²) in [5.41, 5.74) is 4.40. The van der Waals surface area contributed by atoms with Crippen LogP contribution in [0.15, 0.2) is 66.7 Å². The maximum Gasteiger partial charge on any atom is 0.257 e. The minimum Gasteiger partial charge on any atom is -0.505 e. The van der Waals surface area contributed by atoms with Crippen molar-refractivity contribution in [3.05, 3.63) is 92.9 Å². The van der Waals surface area contributed by atoms with Gasteiger partial charge < -0.3 is 24.4 Å². The van der Waals surface area contributed by atoms with E-state index in [1.54, 1.807) is 12.1 Å². The van der Waals surface area contributed by atoms with Crippen molar-refractivity contribution in [1.29, 1.82) is 0 Å². The fraction of sp³-hybridized carbons (Fsp3) is 0.353. The number of nitrogens with zero attached hydrogens (tertiary/aromatic N) is 5. The van der Waals surface area contributed by atoms with Gasteiger partial charge in [0.15, 0.2) is 5.75 Å². The number of hydrogen-bond donors (Lipinski definition) is 1. The first kappa shape index (κ1) is 33.1. The number of para-hydroxylation sites is 1. The first-order chi connectivity index (χ1) is 21.8. The van der Waals surface area contributed by atoms with Crippen LogP contribution >= 0.6 is 34.8 Å². The molecule has 5 rings (SSSR count). The Bertz CT molecular complexity index is 1540. The molecule has 1 aliphatic rings. The normalized spacial score (nSPS) is 13.8. The highest BCUT2D eigenvalue weighted by Gasteiger charge is 2.23. The maximum absolute atomic E-state index is 10.1. The van der Waals surface area contributed by atoms with Crippen molar-refractivity contribution >= 4 is 40.5 Å². The highest BCUT2D eigenvalue weighted by Crippen LogP contribution is 2.38. The van der Waals surface area contributed by atoms with Gasteiger partial charge in [-0.1, -0.05) is 65.1 Å². The van der Waals surface area contributed by atoms with Crippen LogP contribution < -0.4 is 14.4 Å². The summed E-state index contributed by atoms with van der Waals surface area (Å²) in [6.45, 7) is 6.20. The molecule has 1 aromatic heterocycles. The third-order valence-corrected chi connectivity index (χ3v) is 8.51. The Balaban J connectivity index is 1.29. The van der Waals surface area contributed by atoms with Crippen LogP contribution in [0.25, 0.3) is 11.3 Å². The Morgan fingerprint density at radius 2 is 1.56 bits per heavy atom. The predicted octanol–water partition coefficient (Wildman–Crippen LogP) is 7.08. The van der Waals surface area contributed by atoms with Crippen molar-refractivity contribution in [3.63, 3.8) is 0 Å². The van der Waals surface area contributed by atoms with Crippen LogP contribution in [0.4, 0.5) is 5.69 Å². The molecule has 0 aliphatic carbocycles. The number of piperazine rings is 1. The summed E-state index contributed by atoms with van der Waals surface area (Å²) in [6.07, 6.45) is 1.68. The van der Waals surface area contributed by atoms with Crippen LogP contribution in [-0.2, 0) is 13.0 Å². The first-order valence-corrected chi connectivity index (χ1v) is 16.2. The van der Waals surface area contributed by atoms with Gasteiger partial charge in [0.25, 0.3) is 5.88 Å². The summed E-state index contributed by atoms with van der Waals surface area (Å²) in [6, 6.07) is 21.3. The lowest BCUT2D eigenvalue weighted by atomic mass is 10.1. The van der Waals surface area contributed by atoms with Gasteiger partial charge in [0, 0.05) is 61.8 Å². The van der Waals surface area contributed by atoms with E-state index in [4.69, 9.17) is 44.3 Å². The number of halogens is 3. The summed E-state index contributed by atoms with van der Waals surface area (Å²) in [4.78, 5) is 6.88. The van der Waals surface area contributed by atoms with Crippen molar-refractivity contribution in [1.82, 2.24) is 20.0 Å². The van der Waals surface area contributed by atoms with E-state index >= 15 is 0 Å². The Labute approximate surface area is 280 Å². The lowest BCUT2D eigenvalue weighted by Gasteiger charge is -2.36. The molecular weight excluding hydrogens is 633 g/mol. The number of benzene rings is 3. The topological polar surface area (TPSA) is 74.2 Å². The zero-order chi connectivity index (χ0) is 31.8. The second-order valence-electron chi connectivity index (χ2n) is 11.3. The van der Waals surface area contributed by atoms with Crippen molar-refractivity contribution in [2.45, 2.75) is 19.4 Å². The highest BCUT2D eigenvalue weighted by molar-refractivity contribution is 6.37. The number of anilines is 1. The molecule has 11 heteroatoms. The molecule has 0 radical (unpaired) electrons. The number of phenolic OH excluding ortho intramolecular Hbond substituents is 1. The zero-order valence-corrected chi connectivity index (χ0v) is 27.8. The molecule has 0 atom stereocenters. The average Bonchev–Trinajstić information content (AvgIpc) is 3.04. The highest BCUT2D eigenvalue weighted by atomic mass is 35.5. The number of aromatic hydroxyl groups is 1. The van der Waals surface area contributed by atoms with E-state index in [-0.39, 0.29) is 15.8 Å². The molecule has 1 N–H and O–H groups in total. The zero-order valence-electron chi connectivity index (χ0n) is 25.6. The molecule has 238 valence electrons. The minimum absolute atomic E-state index is 0.153. The van der Waals surface area contributed by atoms with Gasteiger partial charge in [-0.25, -0.2) is 0 Å². The lowest BCUT2D eigenvalue weighted by molar-refractivity contribution is 0.237. The molecular formula is C34H38Cl3N5O3. The first-order valence-electron chi connectivity index (χ1n) is 15.0. The van der Waals surface area contributed by atoms with Crippen molar-refractivity contribution in [2.24, 2.45) is 0 Å². The minimum atomic E-state index is -0.158. The Kier molecular flexibility index (Phi) is 11.6. The molecule has 0 spiro atoms. The third-order valence-electron chi connectivity index (χ3n) is 7.68. The van der Waals surface area contributed by atoms with E-state index in [1.807, 2.05) is 36.4 Å². The Morgan fingerprint density at radius 3 is 2.27 bits per heavy atom. The van der Waals surface area contributed by atoms with Gasteiger partial charge in [-0.3, -0.25) is 4.90 Å². The summed E-state index contributed by atoms with van der Waals surface area (Å²) < 4.78 is 12.4. The number of hydrogen-bond acceptors (Lipinski definition) is 8. The van der Waals surface area contributed by atoms with Crippen molar-refractivity contribution < 1.29 is 14.6 Å². The molecule has 8 nitrogen and oxygen atoms in total. The van der Waals surface area contributed by atoms with E-state index in [2.05, 4.69) is 57.2 Å². The van der Waals surface area contributed by atoms with E-state index in [0.29, 0.717) is 41.8 Å². The Hall–Kier alpha value is -3.27. The van der Waals surface area contributed by atoms with Gasteiger partial charge in [0.1, 0.15) is 11.4 Å². The van der Waals surface area contributed by atoms with Crippen LogP contribution in [0.2, 0.25) is 15.1 Å². The SMILES string of the molecule is CN(C)CCCOc1ccccc1CN1CCN(c2cc(-c3cc(Cl)c(O)c(Cl)c3)nnc2OCCc2ccc(Cl)cc2)CC1. The van der Waals surface area contributed by atoms with Crippen LogP contribution in [0.5, 0.6) is 17.4 Å². The predicted molar refractivity (Wildman–Crippen MR) is 182 cm³/mol. The lowest BCUT2D eigenvalue weighted by Crippen LogP contribution is -2.46. The average molecular weight is 671 g/mol. The molecule has 0 bridgehead atoms. The van der Waals surface area contributed by atoms with Crippen molar-refractivity contribution in [2.75, 3.05) is 64.9 Å². The van der Waals surface area contributed by atoms with Gasteiger partial charge in [-0.2, -0.15) is 0 Å². The maximum atomic E-state index is 10.1. The molecule has 45 heavy (non-hydrogen) atoms. The summed E-state index contributed by atoms with van der Waals surface area (Å²) >= 11 is 18.5. The number of aromatic nitrogens is 2. The molecule has 2 heterocycles. The number of phenols is 1. The molecule has 1 fully saturated rings. The van der Waals surface area contributed by atoms with Gasteiger partial charge in [0.2, 0.25) is 0 Å². The standard InChI is InChI=1S/C34H38Cl3N5O3/c1-40(2)13-5-18-44-32-7-4-3-6-25(32)23-41-14-16-42(17-15-41)31-22-30(26-20-28(36)33(43)29(37)21-26)38-39-34(31)45-19-12-24-8-10-27(35)11-9-24/h3-4,6-11,20-22,43H,5,12-19,23H2,1-2H3. The summed E-state index contributed by atoms with van der Waals surface area (Å²) in [5, 5.41) is 20.0. The van der Waals surface area contributed by atoms with Crippen LogP contribution in [0.1, 0.15) is 17.5 Å². The smallest absolute Gasteiger partial charge is 0.257 e.